The summed E-state index contributed by atoms with van der Waals surface area (Å²) in [6.07, 6.45) is 5.94. The van der Waals surface area contributed by atoms with Gasteiger partial charge in [0.25, 0.3) is 0 Å². The van der Waals surface area contributed by atoms with E-state index in [1.54, 1.807) is 0 Å². The van der Waals surface area contributed by atoms with Crippen LogP contribution in [0.4, 0.5) is 0 Å². The Balaban J connectivity index is 1.19. The van der Waals surface area contributed by atoms with Gasteiger partial charge in [0, 0.05) is 12.5 Å². The van der Waals surface area contributed by atoms with Crippen LogP contribution in [0.25, 0.3) is 10.8 Å². The summed E-state index contributed by atoms with van der Waals surface area (Å²) in [6, 6.07) is 14.8. The lowest BCUT2D eigenvalue weighted by atomic mass is 9.84. The minimum absolute atomic E-state index is 0.0406. The van der Waals surface area contributed by atoms with E-state index in [1.807, 2.05) is 18.2 Å². The number of hydrogen-bond acceptors (Lipinski definition) is 5. The molecule has 2 fully saturated rings. The summed E-state index contributed by atoms with van der Waals surface area (Å²) in [5, 5.41) is 14.7. The monoisotopic (exact) mass is 435 g/mol. The van der Waals surface area contributed by atoms with Crippen LogP contribution < -0.4 is 11.2 Å². The van der Waals surface area contributed by atoms with E-state index in [1.165, 1.54) is 52.9 Å². The van der Waals surface area contributed by atoms with Crippen molar-refractivity contribution < 1.29 is 4.79 Å². The van der Waals surface area contributed by atoms with E-state index in [9.17, 15) is 4.79 Å². The Kier molecular flexibility index (Phi) is 5.61. The third-order valence-corrected chi connectivity index (χ3v) is 8.06. The van der Waals surface area contributed by atoms with E-state index in [4.69, 9.17) is 5.84 Å². The zero-order chi connectivity index (χ0) is 21.4. The van der Waals surface area contributed by atoms with Crippen molar-refractivity contribution >= 4 is 28.4 Å². The Labute approximate surface area is 187 Å². The third-order valence-electron chi connectivity index (χ3n) is 7.12. The number of benzene rings is 2. The number of nitrogens with one attached hydrogen (secondary N) is 1. The van der Waals surface area contributed by atoms with Crippen LogP contribution in [-0.4, -0.2) is 32.6 Å². The van der Waals surface area contributed by atoms with E-state index in [0.717, 1.165) is 17.4 Å². The van der Waals surface area contributed by atoms with Gasteiger partial charge in [0.15, 0.2) is 5.82 Å². The van der Waals surface area contributed by atoms with Crippen LogP contribution in [0.15, 0.2) is 47.6 Å². The van der Waals surface area contributed by atoms with Gasteiger partial charge in [0.2, 0.25) is 11.1 Å². The largest absolute Gasteiger partial charge is 0.353 e. The molecule has 5 rings (SSSR count). The van der Waals surface area contributed by atoms with Crippen molar-refractivity contribution in [3.05, 3.63) is 53.9 Å². The number of nitrogens with zero attached hydrogens (tertiary/aromatic N) is 3. The van der Waals surface area contributed by atoms with Crippen LogP contribution in [0.2, 0.25) is 0 Å². The van der Waals surface area contributed by atoms with Gasteiger partial charge < -0.3 is 11.2 Å². The molecule has 2 aliphatic rings. The van der Waals surface area contributed by atoms with Crippen molar-refractivity contribution in [2.75, 3.05) is 11.6 Å². The van der Waals surface area contributed by atoms with Crippen molar-refractivity contribution in [1.29, 1.82) is 0 Å². The Morgan fingerprint density at radius 1 is 1.19 bits per heavy atom. The SMILES string of the molecule is C[C@H](NC(=O)CSc1nnc(Cc2cccc3ccccc23)n1N)[C@H]1C[C@@H]2CC[C@@H]1C2. The highest BCUT2D eigenvalue weighted by molar-refractivity contribution is 7.99. The van der Waals surface area contributed by atoms with Crippen LogP contribution in [0, 0.1) is 17.8 Å². The molecule has 3 N–H and O–H groups in total. The number of hydrogen-bond donors (Lipinski definition) is 2. The maximum absolute atomic E-state index is 12.5. The maximum atomic E-state index is 12.5. The molecule has 31 heavy (non-hydrogen) atoms. The molecular formula is C24H29N5OS. The van der Waals surface area contributed by atoms with Crippen LogP contribution >= 0.6 is 11.8 Å². The fraction of sp³-hybridized carbons (Fsp3) is 0.458. The van der Waals surface area contributed by atoms with Gasteiger partial charge in [-0.3, -0.25) is 4.79 Å². The summed E-state index contributed by atoms with van der Waals surface area (Å²) >= 11 is 1.34. The molecule has 1 heterocycles. The topological polar surface area (TPSA) is 85.8 Å². The second-order valence-electron chi connectivity index (χ2n) is 9.07. The standard InChI is InChI=1S/C24H29N5OS/c1-15(21-12-16-9-10-19(21)11-16)26-23(30)14-31-24-28-27-22(29(24)25)13-18-7-4-6-17-5-2-3-8-20(17)18/h2-8,15-16,19,21H,9-14,25H2,1H3,(H,26,30)/t15-,16+,19+,21+/m0/s1. The van der Waals surface area contributed by atoms with Crippen LogP contribution in [0.3, 0.4) is 0 Å². The minimum atomic E-state index is 0.0406. The quantitative estimate of drug-likeness (QED) is 0.436. The Morgan fingerprint density at radius 3 is 2.84 bits per heavy atom. The van der Waals surface area contributed by atoms with Gasteiger partial charge in [-0.05, 0) is 60.3 Å². The number of fused-ring (bicyclic) bond motifs is 3. The molecule has 0 saturated heterocycles. The maximum Gasteiger partial charge on any atom is 0.230 e. The number of aromatic nitrogens is 3. The molecule has 0 unspecified atom stereocenters. The van der Waals surface area contributed by atoms with E-state index >= 15 is 0 Å². The normalized spacial score (nSPS) is 23.3. The molecule has 0 aliphatic heterocycles. The number of nitrogen functional groups attached to an aromatic ring is 1. The first kappa shape index (κ1) is 20.4. The van der Waals surface area contributed by atoms with Gasteiger partial charge in [0.05, 0.1) is 5.75 Å². The highest BCUT2D eigenvalue weighted by Crippen LogP contribution is 2.49. The molecule has 0 radical (unpaired) electrons. The van der Waals surface area contributed by atoms with Crippen molar-refractivity contribution in [1.82, 2.24) is 20.2 Å². The van der Waals surface area contributed by atoms with E-state index < -0.39 is 0 Å². The summed E-state index contributed by atoms with van der Waals surface area (Å²) in [6.45, 7) is 2.15. The van der Waals surface area contributed by atoms with E-state index in [2.05, 4.69) is 46.7 Å². The lowest BCUT2D eigenvalue weighted by molar-refractivity contribution is -0.119. The summed E-state index contributed by atoms with van der Waals surface area (Å²) in [5.41, 5.74) is 1.16. The van der Waals surface area contributed by atoms with Crippen molar-refractivity contribution in [2.24, 2.45) is 17.8 Å². The molecular weight excluding hydrogens is 406 g/mol. The second kappa shape index (κ2) is 8.54. The number of carbonyl (C=O) groups is 1. The molecule has 2 bridgehead atoms. The molecule has 7 heteroatoms. The first-order chi connectivity index (χ1) is 15.1. The Morgan fingerprint density at radius 2 is 2.03 bits per heavy atom. The number of rotatable bonds is 7. The fourth-order valence-corrected chi connectivity index (χ4v) is 6.27. The highest BCUT2D eigenvalue weighted by Gasteiger charge is 2.42. The van der Waals surface area contributed by atoms with E-state index in [-0.39, 0.29) is 11.9 Å². The molecule has 4 atom stereocenters. The number of thioether (sulfide) groups is 1. The molecule has 1 aromatic heterocycles. The van der Waals surface area contributed by atoms with Gasteiger partial charge in [-0.25, -0.2) is 4.68 Å². The van der Waals surface area contributed by atoms with Crippen LogP contribution in [0.5, 0.6) is 0 Å². The first-order valence-electron chi connectivity index (χ1n) is 11.2. The minimum Gasteiger partial charge on any atom is -0.353 e. The Bertz CT molecular complexity index is 1090. The zero-order valence-corrected chi connectivity index (χ0v) is 18.6. The number of amides is 1. The molecule has 1 amide bonds. The van der Waals surface area contributed by atoms with Crippen LogP contribution in [0.1, 0.15) is 44.0 Å². The molecule has 2 aliphatic carbocycles. The summed E-state index contributed by atoms with van der Waals surface area (Å²) in [4.78, 5) is 12.5. The van der Waals surface area contributed by atoms with Gasteiger partial charge in [-0.1, -0.05) is 60.6 Å². The lowest BCUT2D eigenvalue weighted by Crippen LogP contribution is -2.41. The molecule has 2 saturated carbocycles. The molecule has 0 spiro atoms. The zero-order valence-electron chi connectivity index (χ0n) is 17.8. The van der Waals surface area contributed by atoms with Gasteiger partial charge in [-0.2, -0.15) is 0 Å². The Hall–Kier alpha value is -2.54. The predicted molar refractivity (Wildman–Crippen MR) is 124 cm³/mol. The van der Waals surface area contributed by atoms with Crippen molar-refractivity contribution in [3.8, 4) is 0 Å². The summed E-state index contributed by atoms with van der Waals surface area (Å²) < 4.78 is 1.51. The molecule has 3 aromatic rings. The van der Waals surface area contributed by atoms with Crippen LogP contribution in [-0.2, 0) is 11.2 Å². The highest BCUT2D eigenvalue weighted by atomic mass is 32.2. The van der Waals surface area contributed by atoms with Gasteiger partial charge in [0.1, 0.15) is 0 Å². The number of carbonyl (C=O) groups excluding carboxylic acids is 1. The summed E-state index contributed by atoms with van der Waals surface area (Å²) in [7, 11) is 0. The first-order valence-corrected chi connectivity index (χ1v) is 12.1. The smallest absolute Gasteiger partial charge is 0.230 e. The lowest BCUT2D eigenvalue weighted by Gasteiger charge is -2.28. The van der Waals surface area contributed by atoms with Crippen molar-refractivity contribution in [2.45, 2.75) is 50.2 Å². The van der Waals surface area contributed by atoms with Gasteiger partial charge >= 0.3 is 0 Å². The molecule has 162 valence electrons. The summed E-state index contributed by atoms with van der Waals surface area (Å²) in [5.74, 6) is 9.62. The fourth-order valence-electron chi connectivity index (χ4n) is 5.58. The van der Waals surface area contributed by atoms with Crippen molar-refractivity contribution in [3.63, 3.8) is 0 Å². The second-order valence-corrected chi connectivity index (χ2v) is 10.0. The average Bonchev–Trinajstić information content (AvgIpc) is 3.50. The number of nitrogens with two attached hydrogens (primary N) is 1. The van der Waals surface area contributed by atoms with Gasteiger partial charge in [-0.15, -0.1) is 10.2 Å². The molecule has 6 nitrogen and oxygen atoms in total. The average molecular weight is 436 g/mol. The molecule has 2 aromatic carbocycles. The predicted octanol–water partition coefficient (Wildman–Crippen LogP) is 3.77. The van der Waals surface area contributed by atoms with E-state index in [0.29, 0.717) is 29.1 Å². The third kappa shape index (κ3) is 4.15.